The molecule has 110 valence electrons. The number of hydrogen-bond donors (Lipinski definition) is 1. The van der Waals surface area contributed by atoms with Gasteiger partial charge in [-0.25, -0.2) is 0 Å². The van der Waals surface area contributed by atoms with Crippen molar-refractivity contribution >= 4 is 0 Å². The molecule has 0 unspecified atom stereocenters. The molecule has 1 aromatic heterocycles. The monoisotopic (exact) mass is 283 g/mol. The first-order valence-corrected chi connectivity index (χ1v) is 7.45. The Morgan fingerprint density at radius 1 is 1.24 bits per heavy atom. The fraction of sp³-hybridized carbons (Fsp3) is 0.389. The highest BCUT2D eigenvalue weighted by Crippen LogP contribution is 2.46. The first-order chi connectivity index (χ1) is 9.96. The van der Waals surface area contributed by atoms with Crippen LogP contribution in [0.2, 0.25) is 0 Å². The highest BCUT2D eigenvalue weighted by Gasteiger charge is 2.46. The Morgan fingerprint density at radius 3 is 2.67 bits per heavy atom. The van der Waals surface area contributed by atoms with Gasteiger partial charge in [-0.2, -0.15) is 0 Å². The zero-order valence-electron chi connectivity index (χ0n) is 12.7. The van der Waals surface area contributed by atoms with Crippen LogP contribution in [0.3, 0.4) is 0 Å². The SMILES string of the molecule is CCc1ccc2c(c1)C(C)(C)[C@@H](O)[C@@H]2n1ccccc1=O. The van der Waals surface area contributed by atoms with E-state index in [1.807, 2.05) is 19.9 Å². The van der Waals surface area contributed by atoms with Crippen molar-refractivity contribution in [3.05, 3.63) is 69.6 Å². The Labute approximate surface area is 124 Å². The molecule has 0 radical (unpaired) electrons. The summed E-state index contributed by atoms with van der Waals surface area (Å²) in [5.41, 5.74) is 3.02. The first kappa shape index (κ1) is 14.1. The Balaban J connectivity index is 2.22. The normalized spacial score (nSPS) is 23.0. The highest BCUT2D eigenvalue weighted by molar-refractivity contribution is 5.46. The number of nitrogens with zero attached hydrogens (tertiary/aromatic N) is 1. The van der Waals surface area contributed by atoms with Crippen LogP contribution in [0.15, 0.2) is 47.4 Å². The van der Waals surface area contributed by atoms with Gasteiger partial charge in [0.05, 0.1) is 12.1 Å². The van der Waals surface area contributed by atoms with Crippen molar-refractivity contribution in [3.8, 4) is 0 Å². The summed E-state index contributed by atoms with van der Waals surface area (Å²) in [5, 5.41) is 10.8. The third kappa shape index (κ3) is 2.04. The molecule has 0 amide bonds. The molecule has 3 rings (SSSR count). The van der Waals surface area contributed by atoms with Gasteiger partial charge >= 0.3 is 0 Å². The van der Waals surface area contributed by atoms with Crippen LogP contribution in [-0.2, 0) is 11.8 Å². The van der Waals surface area contributed by atoms with Crippen molar-refractivity contribution in [1.82, 2.24) is 4.57 Å². The summed E-state index contributed by atoms with van der Waals surface area (Å²) < 4.78 is 1.64. The molecule has 3 heteroatoms. The van der Waals surface area contributed by atoms with E-state index in [0.29, 0.717) is 0 Å². The summed E-state index contributed by atoms with van der Waals surface area (Å²) >= 11 is 0. The number of aliphatic hydroxyl groups excluding tert-OH is 1. The lowest BCUT2D eigenvalue weighted by molar-refractivity contribution is 0.0799. The first-order valence-electron chi connectivity index (χ1n) is 7.45. The van der Waals surface area contributed by atoms with Crippen LogP contribution in [0.25, 0.3) is 0 Å². The zero-order chi connectivity index (χ0) is 15.2. The van der Waals surface area contributed by atoms with E-state index in [-0.39, 0.29) is 17.0 Å². The van der Waals surface area contributed by atoms with E-state index in [9.17, 15) is 9.90 Å². The van der Waals surface area contributed by atoms with Gasteiger partial charge in [0, 0.05) is 17.7 Å². The number of fused-ring (bicyclic) bond motifs is 1. The van der Waals surface area contributed by atoms with E-state index in [1.54, 1.807) is 16.8 Å². The van der Waals surface area contributed by atoms with E-state index in [0.717, 1.165) is 17.5 Å². The standard InChI is InChI=1S/C18H21NO2/c1-4-12-8-9-13-14(11-12)18(2,3)17(21)16(13)19-10-6-5-7-15(19)20/h5-11,16-17,21H,4H2,1-3H3/t16-,17+/m1/s1. The molecule has 0 aliphatic heterocycles. The molecule has 0 saturated heterocycles. The second-order valence-electron chi connectivity index (χ2n) is 6.33. The zero-order valence-corrected chi connectivity index (χ0v) is 12.7. The Bertz CT molecular complexity index is 730. The molecule has 1 aliphatic carbocycles. The van der Waals surface area contributed by atoms with Gasteiger partial charge in [0.1, 0.15) is 0 Å². The van der Waals surface area contributed by atoms with Gasteiger partial charge in [-0.05, 0) is 29.2 Å². The van der Waals surface area contributed by atoms with Crippen molar-refractivity contribution in [3.63, 3.8) is 0 Å². The van der Waals surface area contributed by atoms with E-state index in [2.05, 4.69) is 25.1 Å². The van der Waals surface area contributed by atoms with Crippen LogP contribution in [-0.4, -0.2) is 15.8 Å². The molecular formula is C18H21NO2. The van der Waals surface area contributed by atoms with Gasteiger partial charge < -0.3 is 9.67 Å². The highest BCUT2D eigenvalue weighted by atomic mass is 16.3. The summed E-state index contributed by atoms with van der Waals surface area (Å²) in [6.07, 6.45) is 2.12. The maximum absolute atomic E-state index is 12.1. The predicted molar refractivity (Wildman–Crippen MR) is 83.7 cm³/mol. The molecule has 0 spiro atoms. The minimum absolute atomic E-state index is 0.0789. The van der Waals surface area contributed by atoms with Crippen molar-refractivity contribution in [2.75, 3.05) is 0 Å². The molecule has 1 aliphatic rings. The molecule has 2 atom stereocenters. The maximum Gasteiger partial charge on any atom is 0.251 e. The van der Waals surface area contributed by atoms with Crippen LogP contribution >= 0.6 is 0 Å². The van der Waals surface area contributed by atoms with Crippen LogP contribution in [0, 0.1) is 0 Å². The summed E-state index contributed by atoms with van der Waals surface area (Å²) in [5.74, 6) is 0. The maximum atomic E-state index is 12.1. The fourth-order valence-electron chi connectivity index (χ4n) is 3.33. The number of benzene rings is 1. The largest absolute Gasteiger partial charge is 0.390 e. The van der Waals surface area contributed by atoms with Crippen LogP contribution in [0.4, 0.5) is 0 Å². The van der Waals surface area contributed by atoms with Crippen molar-refractivity contribution in [2.45, 2.75) is 44.8 Å². The summed E-state index contributed by atoms with van der Waals surface area (Å²) in [6, 6.07) is 11.1. The topological polar surface area (TPSA) is 42.2 Å². The molecule has 1 N–H and O–H groups in total. The van der Waals surface area contributed by atoms with Crippen molar-refractivity contribution in [2.24, 2.45) is 0 Å². The quantitative estimate of drug-likeness (QED) is 0.920. The summed E-state index contributed by atoms with van der Waals surface area (Å²) in [4.78, 5) is 12.1. The van der Waals surface area contributed by atoms with Gasteiger partial charge in [-0.3, -0.25) is 4.79 Å². The van der Waals surface area contributed by atoms with E-state index in [4.69, 9.17) is 0 Å². The average Bonchev–Trinajstić information content (AvgIpc) is 2.67. The number of pyridine rings is 1. The van der Waals surface area contributed by atoms with Crippen LogP contribution in [0.1, 0.15) is 43.5 Å². The minimum atomic E-state index is -0.611. The smallest absolute Gasteiger partial charge is 0.251 e. The van der Waals surface area contributed by atoms with Gasteiger partial charge in [0.2, 0.25) is 0 Å². The molecule has 0 fully saturated rings. The number of rotatable bonds is 2. The Morgan fingerprint density at radius 2 is 2.00 bits per heavy atom. The molecule has 0 saturated carbocycles. The molecule has 1 aromatic carbocycles. The van der Waals surface area contributed by atoms with Crippen molar-refractivity contribution in [1.29, 1.82) is 0 Å². The Hall–Kier alpha value is -1.87. The number of aliphatic hydroxyl groups is 1. The molecule has 0 bridgehead atoms. The van der Waals surface area contributed by atoms with E-state index >= 15 is 0 Å². The molecule has 2 aromatic rings. The number of aryl methyl sites for hydroxylation is 1. The van der Waals surface area contributed by atoms with Gasteiger partial charge in [0.25, 0.3) is 5.56 Å². The summed E-state index contributed by atoms with van der Waals surface area (Å²) in [6.45, 7) is 6.22. The lowest BCUT2D eigenvalue weighted by atomic mass is 9.83. The number of aromatic nitrogens is 1. The molecule has 3 nitrogen and oxygen atoms in total. The molecule has 21 heavy (non-hydrogen) atoms. The van der Waals surface area contributed by atoms with E-state index < -0.39 is 6.10 Å². The third-order valence-corrected chi connectivity index (χ3v) is 4.73. The summed E-state index contributed by atoms with van der Waals surface area (Å²) in [7, 11) is 0. The van der Waals surface area contributed by atoms with Crippen molar-refractivity contribution < 1.29 is 5.11 Å². The predicted octanol–water partition coefficient (Wildman–Crippen LogP) is 2.65. The van der Waals surface area contributed by atoms with Gasteiger partial charge in [-0.1, -0.05) is 45.0 Å². The third-order valence-electron chi connectivity index (χ3n) is 4.73. The Kier molecular flexibility index (Phi) is 3.25. The second kappa shape index (κ2) is 4.85. The lowest BCUT2D eigenvalue weighted by Gasteiger charge is -2.27. The van der Waals surface area contributed by atoms with Crippen LogP contribution < -0.4 is 5.56 Å². The van der Waals surface area contributed by atoms with Gasteiger partial charge in [-0.15, -0.1) is 0 Å². The minimum Gasteiger partial charge on any atom is -0.390 e. The average molecular weight is 283 g/mol. The second-order valence-corrected chi connectivity index (χ2v) is 6.33. The van der Waals surface area contributed by atoms with Gasteiger partial charge in [0.15, 0.2) is 0 Å². The molecule has 1 heterocycles. The molecular weight excluding hydrogens is 262 g/mol. The van der Waals surface area contributed by atoms with Crippen LogP contribution in [0.5, 0.6) is 0 Å². The fourth-order valence-corrected chi connectivity index (χ4v) is 3.33. The number of hydrogen-bond acceptors (Lipinski definition) is 2. The van der Waals surface area contributed by atoms with E-state index in [1.165, 1.54) is 11.6 Å². The lowest BCUT2D eigenvalue weighted by Crippen LogP contribution is -2.37.